The maximum Gasteiger partial charge on any atom is 0.242 e. The van der Waals surface area contributed by atoms with Gasteiger partial charge in [-0.15, -0.1) is 12.4 Å². The van der Waals surface area contributed by atoms with Gasteiger partial charge in [0.1, 0.15) is 4.90 Å². The van der Waals surface area contributed by atoms with Gasteiger partial charge in [0.15, 0.2) is 11.5 Å². The molecule has 6 nitrogen and oxygen atoms in total. The number of hydrogen-bond acceptors (Lipinski definition) is 5. The molecular weight excluding hydrogens is 339 g/mol. The van der Waals surface area contributed by atoms with Crippen LogP contribution < -0.4 is 19.5 Å². The topological polar surface area (TPSA) is 76.7 Å². The lowest BCUT2D eigenvalue weighted by Crippen LogP contribution is -2.32. The summed E-state index contributed by atoms with van der Waals surface area (Å²) in [6.45, 7) is 3.54. The number of benzene rings is 1. The number of rotatable bonds is 8. The van der Waals surface area contributed by atoms with Gasteiger partial charge in [0.2, 0.25) is 10.0 Å². The Balaban J connectivity index is 0.00000400. The van der Waals surface area contributed by atoms with Crippen LogP contribution in [0.5, 0.6) is 11.5 Å². The van der Waals surface area contributed by atoms with E-state index >= 15 is 0 Å². The number of ether oxygens (including phenoxy) is 2. The highest BCUT2D eigenvalue weighted by atomic mass is 35.5. The van der Waals surface area contributed by atoms with Crippen molar-refractivity contribution in [3.63, 3.8) is 0 Å². The number of methoxy groups -OCH3 is 2. The van der Waals surface area contributed by atoms with Gasteiger partial charge in [0.25, 0.3) is 0 Å². The van der Waals surface area contributed by atoms with Crippen molar-refractivity contribution in [3.05, 3.63) is 17.2 Å². The molecule has 0 atom stereocenters. The highest BCUT2D eigenvalue weighted by molar-refractivity contribution is 7.89. The monoisotopic (exact) mass is 358 g/mol. The Morgan fingerprint density at radius 3 is 2.24 bits per heavy atom. The number of hydrogen-bond donors (Lipinski definition) is 2. The molecule has 1 rings (SSSR count). The molecule has 0 aliphatic carbocycles. The Hall–Kier alpha value is -0.730. The van der Waals surface area contributed by atoms with E-state index in [0.717, 1.165) is 6.54 Å². The molecule has 0 saturated heterocycles. The Bertz CT molecular complexity index is 552. The van der Waals surface area contributed by atoms with Crippen LogP contribution in [0.4, 0.5) is 0 Å². The van der Waals surface area contributed by atoms with E-state index in [1.54, 1.807) is 0 Å². The Labute approximate surface area is 136 Å². The van der Waals surface area contributed by atoms with Crippen LogP contribution in [-0.4, -0.2) is 42.3 Å². The van der Waals surface area contributed by atoms with E-state index < -0.39 is 10.0 Å². The summed E-state index contributed by atoms with van der Waals surface area (Å²) in [5.74, 6) is 0.688. The van der Waals surface area contributed by atoms with Crippen molar-refractivity contribution in [2.45, 2.75) is 11.8 Å². The Morgan fingerprint density at radius 2 is 1.71 bits per heavy atom. The van der Waals surface area contributed by atoms with Gasteiger partial charge in [-0.3, -0.25) is 0 Å². The largest absolute Gasteiger partial charge is 0.493 e. The molecule has 0 unspecified atom stereocenters. The van der Waals surface area contributed by atoms with Gasteiger partial charge in [0, 0.05) is 25.2 Å². The Kier molecular flexibility index (Phi) is 9.00. The van der Waals surface area contributed by atoms with Gasteiger partial charge >= 0.3 is 0 Å². The molecule has 9 heteroatoms. The van der Waals surface area contributed by atoms with Crippen LogP contribution in [0.15, 0.2) is 17.0 Å². The number of halogens is 2. The lowest BCUT2D eigenvalue weighted by atomic mass is 10.3. The molecular formula is C12H20Cl2N2O4S. The van der Waals surface area contributed by atoms with Gasteiger partial charge in [-0.25, -0.2) is 13.1 Å². The lowest BCUT2D eigenvalue weighted by molar-refractivity contribution is 0.354. The van der Waals surface area contributed by atoms with Crippen LogP contribution in [0.2, 0.25) is 5.02 Å². The summed E-state index contributed by atoms with van der Waals surface area (Å²) < 4.78 is 36.9. The summed E-state index contributed by atoms with van der Waals surface area (Å²) in [5.41, 5.74) is 0. The number of nitrogens with one attached hydrogen (secondary N) is 2. The number of sulfonamides is 1. The van der Waals surface area contributed by atoms with E-state index in [2.05, 4.69) is 10.0 Å². The first-order valence-electron chi connectivity index (χ1n) is 6.08. The SMILES string of the molecule is CCNCCNS(=O)(=O)c1cc(OC)c(OC)cc1Cl.Cl. The first-order chi connectivity index (χ1) is 9.46. The molecule has 0 fully saturated rings. The highest BCUT2D eigenvalue weighted by Crippen LogP contribution is 2.35. The van der Waals surface area contributed by atoms with Crippen molar-refractivity contribution in [2.75, 3.05) is 33.9 Å². The van der Waals surface area contributed by atoms with Crippen LogP contribution in [0.25, 0.3) is 0 Å². The molecule has 0 aliphatic heterocycles. The van der Waals surface area contributed by atoms with Crippen molar-refractivity contribution in [1.82, 2.24) is 10.0 Å². The van der Waals surface area contributed by atoms with Crippen molar-refractivity contribution < 1.29 is 17.9 Å². The zero-order chi connectivity index (χ0) is 15.2. The van der Waals surface area contributed by atoms with Crippen LogP contribution >= 0.6 is 24.0 Å². The molecule has 0 saturated carbocycles. The summed E-state index contributed by atoms with van der Waals surface area (Å²) in [5, 5.41) is 3.11. The molecule has 0 bridgehead atoms. The molecule has 0 aromatic heterocycles. The predicted octanol–water partition coefficient (Wildman–Crippen LogP) is 1.67. The molecule has 122 valence electrons. The van der Waals surface area contributed by atoms with Crippen molar-refractivity contribution in [1.29, 1.82) is 0 Å². The van der Waals surface area contributed by atoms with E-state index in [4.69, 9.17) is 21.1 Å². The molecule has 0 spiro atoms. The minimum Gasteiger partial charge on any atom is -0.493 e. The smallest absolute Gasteiger partial charge is 0.242 e. The molecule has 21 heavy (non-hydrogen) atoms. The van der Waals surface area contributed by atoms with E-state index in [9.17, 15) is 8.42 Å². The average molecular weight is 359 g/mol. The summed E-state index contributed by atoms with van der Waals surface area (Å²) >= 11 is 5.99. The third-order valence-corrected chi connectivity index (χ3v) is 4.50. The van der Waals surface area contributed by atoms with Gasteiger partial charge in [-0.05, 0) is 6.54 Å². The summed E-state index contributed by atoms with van der Waals surface area (Å²) in [7, 11) is -0.800. The van der Waals surface area contributed by atoms with Crippen molar-refractivity contribution in [3.8, 4) is 11.5 Å². The van der Waals surface area contributed by atoms with Gasteiger partial charge in [0.05, 0.1) is 19.2 Å². The minimum atomic E-state index is -3.69. The second-order valence-electron chi connectivity index (χ2n) is 3.89. The average Bonchev–Trinajstić information content (AvgIpc) is 2.43. The fraction of sp³-hybridized carbons (Fsp3) is 0.500. The van der Waals surface area contributed by atoms with E-state index in [1.807, 2.05) is 6.92 Å². The highest BCUT2D eigenvalue weighted by Gasteiger charge is 2.20. The third-order valence-electron chi connectivity index (χ3n) is 2.57. The van der Waals surface area contributed by atoms with Gasteiger partial charge < -0.3 is 14.8 Å². The van der Waals surface area contributed by atoms with Gasteiger partial charge in [-0.1, -0.05) is 18.5 Å². The molecule has 0 aliphatic rings. The Morgan fingerprint density at radius 1 is 1.14 bits per heavy atom. The predicted molar refractivity (Wildman–Crippen MR) is 85.5 cm³/mol. The standard InChI is InChI=1S/C12H19ClN2O4S.ClH/c1-4-14-5-6-15-20(16,17)12-8-11(19-3)10(18-2)7-9(12)13;/h7-8,14-15H,4-6H2,1-3H3;1H. The van der Waals surface area contributed by atoms with Crippen LogP contribution in [0, 0.1) is 0 Å². The molecule has 0 heterocycles. The number of likely N-dealkylation sites (N-methyl/N-ethyl adjacent to an activating group) is 1. The summed E-state index contributed by atoms with van der Waals surface area (Å²) in [6, 6.07) is 2.76. The van der Waals surface area contributed by atoms with Crippen molar-refractivity contribution >= 4 is 34.0 Å². The molecule has 1 aromatic carbocycles. The zero-order valence-electron chi connectivity index (χ0n) is 12.1. The maximum atomic E-state index is 12.2. The second kappa shape index (κ2) is 9.32. The zero-order valence-corrected chi connectivity index (χ0v) is 14.5. The van der Waals surface area contributed by atoms with Crippen molar-refractivity contribution in [2.24, 2.45) is 0 Å². The van der Waals surface area contributed by atoms with E-state index in [1.165, 1.54) is 26.4 Å². The fourth-order valence-corrected chi connectivity index (χ4v) is 3.13. The summed E-state index contributed by atoms with van der Waals surface area (Å²) in [6.07, 6.45) is 0. The lowest BCUT2D eigenvalue weighted by Gasteiger charge is -2.13. The normalized spacial score (nSPS) is 10.9. The summed E-state index contributed by atoms with van der Waals surface area (Å²) in [4.78, 5) is -0.0340. The molecule has 0 amide bonds. The van der Waals surface area contributed by atoms with Crippen LogP contribution in [0.1, 0.15) is 6.92 Å². The van der Waals surface area contributed by atoms with Gasteiger partial charge in [-0.2, -0.15) is 0 Å². The first kappa shape index (κ1) is 20.3. The minimum absolute atomic E-state index is 0. The first-order valence-corrected chi connectivity index (χ1v) is 7.94. The third kappa shape index (κ3) is 5.52. The molecule has 2 N–H and O–H groups in total. The van der Waals surface area contributed by atoms with E-state index in [0.29, 0.717) is 18.0 Å². The van der Waals surface area contributed by atoms with Crippen LogP contribution in [-0.2, 0) is 10.0 Å². The van der Waals surface area contributed by atoms with Crippen LogP contribution in [0.3, 0.4) is 0 Å². The maximum absolute atomic E-state index is 12.2. The quantitative estimate of drug-likeness (QED) is 0.691. The molecule has 0 radical (unpaired) electrons. The van der Waals surface area contributed by atoms with E-state index in [-0.39, 0.29) is 28.9 Å². The second-order valence-corrected chi connectivity index (χ2v) is 6.03. The molecule has 1 aromatic rings. The fourth-order valence-electron chi connectivity index (χ4n) is 1.57.